The van der Waals surface area contributed by atoms with Crippen LogP contribution in [0.15, 0.2) is 60.8 Å². The van der Waals surface area contributed by atoms with Gasteiger partial charge in [-0.25, -0.2) is 9.67 Å². The highest BCUT2D eigenvalue weighted by molar-refractivity contribution is 5.91. The maximum Gasteiger partial charge on any atom is 0.251 e. The van der Waals surface area contributed by atoms with E-state index < -0.39 is 0 Å². The highest BCUT2D eigenvalue weighted by Crippen LogP contribution is 2.27. The van der Waals surface area contributed by atoms with Crippen molar-refractivity contribution in [2.45, 2.75) is 19.6 Å². The third kappa shape index (κ3) is 5.96. The van der Waals surface area contributed by atoms with Crippen LogP contribution in [0.4, 0.5) is 5.82 Å². The Morgan fingerprint density at radius 1 is 1.08 bits per heavy atom. The molecule has 10 heteroatoms. The number of ether oxygens (including phenoxy) is 2. The first kappa shape index (κ1) is 24.7. The van der Waals surface area contributed by atoms with Crippen LogP contribution in [0.2, 0.25) is 0 Å². The Bertz CT molecular complexity index is 1410. The lowest BCUT2D eigenvalue weighted by Crippen LogP contribution is -2.18. The van der Waals surface area contributed by atoms with Crippen LogP contribution in [0, 0.1) is 11.3 Å². The van der Waals surface area contributed by atoms with Crippen LogP contribution in [0.3, 0.4) is 0 Å². The molecule has 1 unspecified atom stereocenters. The van der Waals surface area contributed by atoms with Gasteiger partial charge in [0.25, 0.3) is 5.91 Å². The van der Waals surface area contributed by atoms with E-state index in [0.717, 1.165) is 17.0 Å². The van der Waals surface area contributed by atoms with E-state index in [4.69, 9.17) is 9.47 Å². The molecule has 1 atom stereocenters. The molecule has 3 heterocycles. The second-order valence-electron chi connectivity index (χ2n) is 8.03. The zero-order valence-electron chi connectivity index (χ0n) is 20.2. The molecule has 0 radical (unpaired) electrons. The van der Waals surface area contributed by atoms with Crippen LogP contribution in [-0.2, 0) is 20.8 Å². The Balaban J connectivity index is 1.66. The first-order valence-electron chi connectivity index (χ1n) is 11.2. The smallest absolute Gasteiger partial charge is 0.251 e. The van der Waals surface area contributed by atoms with Crippen molar-refractivity contribution in [2.75, 3.05) is 26.1 Å². The van der Waals surface area contributed by atoms with E-state index in [1.54, 1.807) is 42.3 Å². The van der Waals surface area contributed by atoms with Gasteiger partial charge in [0.1, 0.15) is 18.1 Å². The normalized spacial score (nSPS) is 11.6. The minimum atomic E-state index is -0.334. The van der Waals surface area contributed by atoms with Gasteiger partial charge in [-0.1, -0.05) is 23.4 Å². The van der Waals surface area contributed by atoms with E-state index in [2.05, 4.69) is 31.7 Å². The maximum absolute atomic E-state index is 12.1. The predicted molar refractivity (Wildman–Crippen MR) is 133 cm³/mol. The minimum Gasteiger partial charge on any atom is -0.375 e. The molecule has 4 aromatic rings. The molecular formula is C26H25N7O3. The quantitative estimate of drug-likeness (QED) is 0.382. The first-order valence-corrected chi connectivity index (χ1v) is 11.2. The van der Waals surface area contributed by atoms with E-state index in [9.17, 15) is 10.1 Å². The molecule has 0 aliphatic heterocycles. The number of aromatic nitrogens is 5. The molecule has 0 bridgehead atoms. The van der Waals surface area contributed by atoms with Gasteiger partial charge in [-0.15, -0.1) is 5.10 Å². The Labute approximate surface area is 208 Å². The number of hydrogen-bond acceptors (Lipinski definition) is 8. The number of rotatable bonds is 9. The number of amides is 1. The first-order chi connectivity index (χ1) is 17.5. The second-order valence-corrected chi connectivity index (χ2v) is 8.03. The number of nitrogens with one attached hydrogen (secondary N) is 1. The van der Waals surface area contributed by atoms with Crippen molar-refractivity contribution in [1.82, 2.24) is 25.0 Å². The molecule has 0 saturated heterocycles. The van der Waals surface area contributed by atoms with E-state index >= 15 is 0 Å². The van der Waals surface area contributed by atoms with Crippen LogP contribution in [0.25, 0.3) is 22.5 Å². The lowest BCUT2D eigenvalue weighted by atomic mass is 10.1. The second kappa shape index (κ2) is 11.3. The average Bonchev–Trinajstić information content (AvgIpc) is 3.37. The molecule has 3 aromatic heterocycles. The summed E-state index contributed by atoms with van der Waals surface area (Å²) in [5, 5.41) is 20.6. The summed E-state index contributed by atoms with van der Waals surface area (Å²) in [6.07, 6.45) is 1.69. The van der Waals surface area contributed by atoms with Crippen LogP contribution in [0.5, 0.6) is 0 Å². The molecule has 1 N–H and O–H groups in total. The molecule has 1 aromatic carbocycles. The summed E-state index contributed by atoms with van der Waals surface area (Å²) in [6, 6.07) is 18.6. The topological polar surface area (TPSA) is 128 Å². The summed E-state index contributed by atoms with van der Waals surface area (Å²) in [6.45, 7) is 2.27. The van der Waals surface area contributed by atoms with Gasteiger partial charge in [0.15, 0.2) is 0 Å². The number of methoxy groups -OCH3 is 2. The lowest BCUT2D eigenvalue weighted by molar-refractivity contribution is -0.119. The van der Waals surface area contributed by atoms with Crippen molar-refractivity contribution < 1.29 is 14.3 Å². The number of carbonyl (C=O) groups excluding carboxylic acids is 1. The molecule has 182 valence electrons. The van der Waals surface area contributed by atoms with Gasteiger partial charge in [0.2, 0.25) is 0 Å². The largest absolute Gasteiger partial charge is 0.375 e. The van der Waals surface area contributed by atoms with E-state index in [-0.39, 0.29) is 18.6 Å². The standard InChI is InChI=1S/C26H25N7O3/c1-17(36-3)22-9-5-8-21(28-22)14-33-15-24(31-32-33)20-11-23(19-7-4-6-18(10-19)13-27)29-25(12-20)30-26(34)16-35-2/h4-12,15,17H,14,16H2,1-3H3,(H,29,30,34). The van der Waals surface area contributed by atoms with Crippen molar-refractivity contribution in [3.8, 4) is 28.6 Å². The molecular weight excluding hydrogens is 458 g/mol. The number of carbonyl (C=O) groups is 1. The fraction of sp³-hybridized carbons (Fsp3) is 0.231. The fourth-order valence-electron chi connectivity index (χ4n) is 3.56. The van der Waals surface area contributed by atoms with Crippen molar-refractivity contribution >= 4 is 11.7 Å². The minimum absolute atomic E-state index is 0.102. The summed E-state index contributed by atoms with van der Waals surface area (Å²) in [5.74, 6) is 0.00292. The van der Waals surface area contributed by atoms with Gasteiger partial charge in [-0.2, -0.15) is 5.26 Å². The Kier molecular flexibility index (Phi) is 7.75. The van der Waals surface area contributed by atoms with Crippen LogP contribution in [0.1, 0.15) is 30.0 Å². The SMILES string of the molecule is COCC(=O)Nc1cc(-c2cn(Cc3cccc(C(C)OC)n3)nn2)cc(-c2cccc(C#N)c2)n1. The molecule has 36 heavy (non-hydrogen) atoms. The highest BCUT2D eigenvalue weighted by Gasteiger charge is 2.13. The lowest BCUT2D eigenvalue weighted by Gasteiger charge is -2.10. The molecule has 0 spiro atoms. The molecule has 0 saturated carbocycles. The summed E-state index contributed by atoms with van der Waals surface area (Å²) < 4.78 is 12.0. The number of pyridine rings is 2. The van der Waals surface area contributed by atoms with Gasteiger partial charge in [0.05, 0.1) is 47.6 Å². The van der Waals surface area contributed by atoms with Gasteiger partial charge < -0.3 is 14.8 Å². The molecule has 0 aliphatic rings. The Morgan fingerprint density at radius 2 is 1.92 bits per heavy atom. The van der Waals surface area contributed by atoms with Gasteiger partial charge >= 0.3 is 0 Å². The fourth-order valence-corrected chi connectivity index (χ4v) is 3.56. The maximum atomic E-state index is 12.1. The molecule has 1 amide bonds. The summed E-state index contributed by atoms with van der Waals surface area (Å²) >= 11 is 0. The van der Waals surface area contributed by atoms with Gasteiger partial charge in [-0.05, 0) is 43.3 Å². The molecule has 0 aliphatic carbocycles. The number of hydrogen-bond donors (Lipinski definition) is 1. The van der Waals surface area contributed by atoms with E-state index in [0.29, 0.717) is 34.9 Å². The predicted octanol–water partition coefficient (Wildman–Crippen LogP) is 3.61. The summed E-state index contributed by atoms with van der Waals surface area (Å²) in [4.78, 5) is 21.4. The molecule has 4 rings (SSSR count). The third-order valence-electron chi connectivity index (χ3n) is 5.41. The monoisotopic (exact) mass is 483 g/mol. The van der Waals surface area contributed by atoms with Crippen LogP contribution in [-0.4, -0.2) is 51.7 Å². The van der Waals surface area contributed by atoms with Crippen LogP contribution >= 0.6 is 0 Å². The highest BCUT2D eigenvalue weighted by atomic mass is 16.5. The number of nitriles is 1. The van der Waals surface area contributed by atoms with E-state index in [1.165, 1.54) is 7.11 Å². The zero-order chi connectivity index (χ0) is 25.5. The van der Waals surface area contributed by atoms with Crippen molar-refractivity contribution in [3.05, 3.63) is 77.7 Å². The summed E-state index contributed by atoms with van der Waals surface area (Å²) in [7, 11) is 3.09. The van der Waals surface area contributed by atoms with Crippen molar-refractivity contribution in [1.29, 1.82) is 5.26 Å². The number of benzene rings is 1. The Hall–Kier alpha value is -4.46. The zero-order valence-corrected chi connectivity index (χ0v) is 20.2. The average molecular weight is 484 g/mol. The summed E-state index contributed by atoms with van der Waals surface area (Å²) in [5.41, 5.74) is 4.78. The van der Waals surface area contributed by atoms with E-state index in [1.807, 2.05) is 37.3 Å². The number of anilines is 1. The molecule has 10 nitrogen and oxygen atoms in total. The van der Waals surface area contributed by atoms with Gasteiger partial charge in [0, 0.05) is 25.3 Å². The Morgan fingerprint density at radius 3 is 2.69 bits per heavy atom. The number of nitrogens with zero attached hydrogens (tertiary/aromatic N) is 6. The van der Waals surface area contributed by atoms with Gasteiger partial charge in [-0.3, -0.25) is 9.78 Å². The van der Waals surface area contributed by atoms with Crippen LogP contribution < -0.4 is 5.32 Å². The van der Waals surface area contributed by atoms with Crippen molar-refractivity contribution in [3.63, 3.8) is 0 Å². The molecule has 0 fully saturated rings. The third-order valence-corrected chi connectivity index (χ3v) is 5.41. The van der Waals surface area contributed by atoms with Crippen molar-refractivity contribution in [2.24, 2.45) is 0 Å².